The molecule has 0 spiro atoms. The van der Waals surface area contributed by atoms with Gasteiger partial charge in [0, 0.05) is 25.5 Å². The van der Waals surface area contributed by atoms with Crippen molar-refractivity contribution in [1.29, 1.82) is 0 Å². The highest BCUT2D eigenvalue weighted by atomic mass is 127. The molecule has 0 fully saturated rings. The Morgan fingerprint density at radius 3 is 2.85 bits per heavy atom. The van der Waals surface area contributed by atoms with Crippen LogP contribution < -0.4 is 0 Å². The van der Waals surface area contributed by atoms with Gasteiger partial charge in [0.25, 0.3) is 0 Å². The van der Waals surface area contributed by atoms with Crippen molar-refractivity contribution < 1.29 is 4.74 Å². The second kappa shape index (κ2) is 4.95. The Bertz CT molecular complexity index is 253. The molecule has 0 radical (unpaired) electrons. The minimum Gasteiger partial charge on any atom is -0.385 e. The Hall–Kier alpha value is -0.100. The summed E-state index contributed by atoms with van der Waals surface area (Å²) in [7, 11) is 1.73. The number of hydrogen-bond acceptors (Lipinski definition) is 2. The molecule has 1 unspecified atom stereocenters. The van der Waals surface area contributed by atoms with Gasteiger partial charge in [0.2, 0.25) is 0 Å². The summed E-state index contributed by atoms with van der Waals surface area (Å²) in [6.45, 7) is 5.02. The molecule has 0 aromatic carbocycles. The zero-order chi connectivity index (χ0) is 9.84. The van der Waals surface area contributed by atoms with Crippen LogP contribution in [0, 0.1) is 10.6 Å². The summed E-state index contributed by atoms with van der Waals surface area (Å²) in [5.74, 6) is 0. The molecule has 1 aromatic rings. The third-order valence-corrected chi connectivity index (χ3v) is 3.11. The van der Waals surface area contributed by atoms with E-state index in [0.29, 0.717) is 6.04 Å². The summed E-state index contributed by atoms with van der Waals surface area (Å²) in [5.41, 5.74) is 1.24. The Morgan fingerprint density at radius 2 is 2.38 bits per heavy atom. The average Bonchev–Trinajstić information content (AvgIpc) is 2.43. The van der Waals surface area contributed by atoms with E-state index in [1.807, 2.05) is 4.68 Å². The van der Waals surface area contributed by atoms with Crippen LogP contribution in [-0.2, 0) is 4.74 Å². The average molecular weight is 294 g/mol. The van der Waals surface area contributed by atoms with E-state index in [1.165, 1.54) is 5.56 Å². The Labute approximate surface area is 92.6 Å². The van der Waals surface area contributed by atoms with Gasteiger partial charge < -0.3 is 4.74 Å². The zero-order valence-corrected chi connectivity index (χ0v) is 10.4. The monoisotopic (exact) mass is 294 g/mol. The van der Waals surface area contributed by atoms with Gasteiger partial charge >= 0.3 is 0 Å². The molecule has 0 aliphatic carbocycles. The number of halogens is 1. The van der Waals surface area contributed by atoms with Crippen molar-refractivity contribution in [3.05, 3.63) is 15.5 Å². The van der Waals surface area contributed by atoms with E-state index in [2.05, 4.69) is 47.7 Å². The van der Waals surface area contributed by atoms with E-state index in [-0.39, 0.29) is 0 Å². The number of methoxy groups -OCH3 is 1. The first-order valence-electron chi connectivity index (χ1n) is 4.35. The van der Waals surface area contributed by atoms with E-state index in [9.17, 15) is 0 Å². The van der Waals surface area contributed by atoms with Crippen LogP contribution in [0.15, 0.2) is 6.20 Å². The second-order valence-corrected chi connectivity index (χ2v) is 4.24. The quantitative estimate of drug-likeness (QED) is 0.797. The first kappa shape index (κ1) is 11.0. The van der Waals surface area contributed by atoms with Gasteiger partial charge in [-0.15, -0.1) is 0 Å². The molecule has 0 saturated carbocycles. The summed E-state index contributed by atoms with van der Waals surface area (Å²) in [6.07, 6.45) is 3.09. The van der Waals surface area contributed by atoms with Gasteiger partial charge in [0.1, 0.15) is 3.70 Å². The molecule has 0 amide bonds. The van der Waals surface area contributed by atoms with Crippen LogP contribution in [0.25, 0.3) is 0 Å². The molecule has 0 bridgehead atoms. The van der Waals surface area contributed by atoms with E-state index in [0.717, 1.165) is 16.7 Å². The van der Waals surface area contributed by atoms with Gasteiger partial charge in [0.15, 0.2) is 0 Å². The Kier molecular flexibility index (Phi) is 4.18. The highest BCUT2D eigenvalue weighted by molar-refractivity contribution is 14.1. The first-order valence-corrected chi connectivity index (χ1v) is 5.43. The summed E-state index contributed by atoms with van der Waals surface area (Å²) >= 11 is 2.25. The Morgan fingerprint density at radius 1 is 1.69 bits per heavy atom. The summed E-state index contributed by atoms with van der Waals surface area (Å²) in [6, 6.07) is 0.419. The SMILES string of the molecule is COCCC(C)n1cc(C)c(I)n1. The molecule has 0 N–H and O–H groups in total. The Balaban J connectivity index is 2.60. The van der Waals surface area contributed by atoms with Crippen LogP contribution in [-0.4, -0.2) is 23.5 Å². The van der Waals surface area contributed by atoms with Crippen LogP contribution in [0.3, 0.4) is 0 Å². The van der Waals surface area contributed by atoms with Crippen molar-refractivity contribution in [2.45, 2.75) is 26.3 Å². The first-order chi connectivity index (χ1) is 6.15. The molecule has 0 saturated heterocycles. The van der Waals surface area contributed by atoms with Crippen LogP contribution in [0.1, 0.15) is 24.9 Å². The van der Waals surface area contributed by atoms with Crippen molar-refractivity contribution in [3.8, 4) is 0 Å². The standard InChI is InChI=1S/C9H15IN2O/c1-7-6-12(11-9(7)10)8(2)4-5-13-3/h6,8H,4-5H2,1-3H3. The highest BCUT2D eigenvalue weighted by Gasteiger charge is 2.07. The summed E-state index contributed by atoms with van der Waals surface area (Å²) in [4.78, 5) is 0. The number of ether oxygens (including phenoxy) is 1. The molecule has 4 heteroatoms. The van der Waals surface area contributed by atoms with Crippen molar-refractivity contribution in [2.75, 3.05) is 13.7 Å². The van der Waals surface area contributed by atoms with Gasteiger partial charge in [-0.3, -0.25) is 4.68 Å². The van der Waals surface area contributed by atoms with E-state index in [1.54, 1.807) is 7.11 Å². The molecular weight excluding hydrogens is 279 g/mol. The minimum absolute atomic E-state index is 0.419. The van der Waals surface area contributed by atoms with Crippen molar-refractivity contribution in [3.63, 3.8) is 0 Å². The predicted molar refractivity (Wildman–Crippen MR) is 60.9 cm³/mol. The molecule has 1 heterocycles. The lowest BCUT2D eigenvalue weighted by Gasteiger charge is -2.10. The molecule has 0 aliphatic heterocycles. The fourth-order valence-electron chi connectivity index (χ4n) is 1.11. The zero-order valence-electron chi connectivity index (χ0n) is 8.25. The van der Waals surface area contributed by atoms with Gasteiger partial charge in [-0.2, -0.15) is 5.10 Å². The van der Waals surface area contributed by atoms with Crippen LogP contribution in [0.2, 0.25) is 0 Å². The predicted octanol–water partition coefficient (Wildman–Crippen LogP) is 2.39. The third-order valence-electron chi connectivity index (χ3n) is 2.05. The third kappa shape index (κ3) is 2.95. The highest BCUT2D eigenvalue weighted by Crippen LogP contribution is 2.14. The van der Waals surface area contributed by atoms with Crippen LogP contribution >= 0.6 is 22.6 Å². The summed E-state index contributed by atoms with van der Waals surface area (Å²) in [5, 5.41) is 4.41. The topological polar surface area (TPSA) is 27.1 Å². The van der Waals surface area contributed by atoms with Crippen LogP contribution in [0.4, 0.5) is 0 Å². The largest absolute Gasteiger partial charge is 0.385 e. The number of aromatic nitrogens is 2. The molecule has 3 nitrogen and oxygen atoms in total. The van der Waals surface area contributed by atoms with Gasteiger partial charge in [-0.05, 0) is 42.9 Å². The molecule has 0 aliphatic rings. The molecule has 1 atom stereocenters. The van der Waals surface area contributed by atoms with E-state index >= 15 is 0 Å². The van der Waals surface area contributed by atoms with Crippen molar-refractivity contribution in [1.82, 2.24) is 9.78 Å². The minimum atomic E-state index is 0.419. The van der Waals surface area contributed by atoms with Crippen molar-refractivity contribution >= 4 is 22.6 Å². The maximum atomic E-state index is 5.03. The van der Waals surface area contributed by atoms with Crippen molar-refractivity contribution in [2.24, 2.45) is 0 Å². The molecule has 1 rings (SSSR count). The maximum absolute atomic E-state index is 5.03. The number of hydrogen-bond donors (Lipinski definition) is 0. The lowest BCUT2D eigenvalue weighted by atomic mass is 10.2. The number of aryl methyl sites for hydroxylation is 1. The molecular formula is C9H15IN2O. The number of nitrogens with zero attached hydrogens (tertiary/aromatic N) is 2. The summed E-state index contributed by atoms with van der Waals surface area (Å²) < 4.78 is 8.12. The molecule has 74 valence electrons. The van der Waals surface area contributed by atoms with E-state index < -0.39 is 0 Å². The molecule has 13 heavy (non-hydrogen) atoms. The second-order valence-electron chi connectivity index (χ2n) is 3.21. The molecule has 1 aromatic heterocycles. The normalized spacial score (nSPS) is 13.2. The van der Waals surface area contributed by atoms with E-state index in [4.69, 9.17) is 4.74 Å². The number of rotatable bonds is 4. The maximum Gasteiger partial charge on any atom is 0.126 e. The smallest absolute Gasteiger partial charge is 0.126 e. The van der Waals surface area contributed by atoms with Crippen LogP contribution in [0.5, 0.6) is 0 Å². The fourth-order valence-corrected chi connectivity index (χ4v) is 1.50. The van der Waals surface area contributed by atoms with Gasteiger partial charge in [-0.1, -0.05) is 0 Å². The lowest BCUT2D eigenvalue weighted by Crippen LogP contribution is -2.08. The lowest BCUT2D eigenvalue weighted by molar-refractivity contribution is 0.178. The fraction of sp³-hybridized carbons (Fsp3) is 0.667. The van der Waals surface area contributed by atoms with Gasteiger partial charge in [0.05, 0.1) is 6.04 Å². The van der Waals surface area contributed by atoms with Gasteiger partial charge in [-0.25, -0.2) is 0 Å².